The summed E-state index contributed by atoms with van der Waals surface area (Å²) in [5.74, 6) is 3.08. The summed E-state index contributed by atoms with van der Waals surface area (Å²) in [7, 11) is 0. The molecule has 1 fully saturated rings. The van der Waals surface area contributed by atoms with Gasteiger partial charge in [-0.2, -0.15) is 11.8 Å². The molecule has 1 N–H and O–H groups in total. The SMILES string of the molecule is CSCC(C)NC1CC2CC=CC21. The normalized spacial score (nSPS) is 38.5. The van der Waals surface area contributed by atoms with Crippen LogP contribution in [0.4, 0.5) is 0 Å². The highest BCUT2D eigenvalue weighted by Gasteiger charge is 2.40. The van der Waals surface area contributed by atoms with Gasteiger partial charge in [0, 0.05) is 17.8 Å². The Hall–Kier alpha value is 0.0500. The fourth-order valence-electron chi connectivity index (χ4n) is 2.57. The molecule has 2 heteroatoms. The minimum Gasteiger partial charge on any atom is -0.310 e. The summed E-state index contributed by atoms with van der Waals surface area (Å²) < 4.78 is 0. The summed E-state index contributed by atoms with van der Waals surface area (Å²) >= 11 is 1.93. The second-order valence-electron chi connectivity index (χ2n) is 4.37. The first-order chi connectivity index (χ1) is 6.31. The first-order valence-corrected chi connectivity index (χ1v) is 6.62. The summed E-state index contributed by atoms with van der Waals surface area (Å²) in [4.78, 5) is 0. The smallest absolute Gasteiger partial charge is 0.0138 e. The molecule has 0 saturated heterocycles. The highest BCUT2D eigenvalue weighted by Crippen LogP contribution is 2.42. The van der Waals surface area contributed by atoms with Gasteiger partial charge in [-0.1, -0.05) is 12.2 Å². The van der Waals surface area contributed by atoms with E-state index in [-0.39, 0.29) is 0 Å². The van der Waals surface area contributed by atoms with Gasteiger partial charge >= 0.3 is 0 Å². The monoisotopic (exact) mass is 197 g/mol. The van der Waals surface area contributed by atoms with Gasteiger partial charge in [-0.05, 0) is 37.9 Å². The molecule has 74 valence electrons. The molecule has 0 heterocycles. The lowest BCUT2D eigenvalue weighted by molar-refractivity contribution is 0.155. The van der Waals surface area contributed by atoms with Crippen molar-refractivity contribution in [3.05, 3.63) is 12.2 Å². The van der Waals surface area contributed by atoms with Gasteiger partial charge in [0.15, 0.2) is 0 Å². The quantitative estimate of drug-likeness (QED) is 0.694. The van der Waals surface area contributed by atoms with Crippen LogP contribution in [0.5, 0.6) is 0 Å². The maximum atomic E-state index is 3.72. The molecule has 0 aromatic heterocycles. The molecular formula is C11H19NS. The van der Waals surface area contributed by atoms with Gasteiger partial charge in [0.25, 0.3) is 0 Å². The highest BCUT2D eigenvalue weighted by atomic mass is 32.2. The average Bonchev–Trinajstić information content (AvgIpc) is 2.43. The third-order valence-corrected chi connectivity index (χ3v) is 4.11. The van der Waals surface area contributed by atoms with E-state index in [1.807, 2.05) is 11.8 Å². The van der Waals surface area contributed by atoms with Crippen LogP contribution in [0.3, 0.4) is 0 Å². The lowest BCUT2D eigenvalue weighted by atomic mass is 9.71. The summed E-state index contributed by atoms with van der Waals surface area (Å²) in [6.45, 7) is 2.29. The van der Waals surface area contributed by atoms with E-state index in [4.69, 9.17) is 0 Å². The van der Waals surface area contributed by atoms with Crippen LogP contribution in [-0.4, -0.2) is 24.1 Å². The zero-order valence-electron chi connectivity index (χ0n) is 8.49. The Morgan fingerprint density at radius 1 is 1.62 bits per heavy atom. The Labute approximate surface area is 85.4 Å². The zero-order chi connectivity index (χ0) is 9.26. The molecule has 0 aromatic rings. The van der Waals surface area contributed by atoms with Crippen molar-refractivity contribution in [3.8, 4) is 0 Å². The van der Waals surface area contributed by atoms with Crippen LogP contribution in [0.15, 0.2) is 12.2 Å². The van der Waals surface area contributed by atoms with Crippen molar-refractivity contribution in [1.82, 2.24) is 5.32 Å². The second-order valence-corrected chi connectivity index (χ2v) is 5.28. The first kappa shape index (κ1) is 9.60. The van der Waals surface area contributed by atoms with E-state index < -0.39 is 0 Å². The topological polar surface area (TPSA) is 12.0 Å². The van der Waals surface area contributed by atoms with Crippen molar-refractivity contribution in [2.45, 2.75) is 31.8 Å². The third-order valence-electron chi connectivity index (χ3n) is 3.28. The summed E-state index contributed by atoms with van der Waals surface area (Å²) in [5.41, 5.74) is 0. The number of hydrogen-bond acceptors (Lipinski definition) is 2. The fraction of sp³-hybridized carbons (Fsp3) is 0.818. The Kier molecular flexibility index (Phi) is 2.99. The van der Waals surface area contributed by atoms with Crippen molar-refractivity contribution in [1.29, 1.82) is 0 Å². The number of hydrogen-bond donors (Lipinski definition) is 1. The van der Waals surface area contributed by atoms with Gasteiger partial charge in [-0.25, -0.2) is 0 Å². The Bertz CT molecular complexity index is 202. The molecule has 1 nitrogen and oxygen atoms in total. The van der Waals surface area contributed by atoms with Crippen LogP contribution in [0, 0.1) is 11.8 Å². The third kappa shape index (κ3) is 1.94. The second kappa shape index (κ2) is 4.05. The molecule has 4 unspecified atom stereocenters. The average molecular weight is 197 g/mol. The lowest BCUT2D eigenvalue weighted by Gasteiger charge is -2.42. The maximum absolute atomic E-state index is 3.72. The van der Waals surface area contributed by atoms with Gasteiger partial charge in [0.2, 0.25) is 0 Å². The molecule has 13 heavy (non-hydrogen) atoms. The van der Waals surface area contributed by atoms with Crippen LogP contribution >= 0.6 is 11.8 Å². The van der Waals surface area contributed by atoms with Gasteiger partial charge in [0.05, 0.1) is 0 Å². The van der Waals surface area contributed by atoms with Gasteiger partial charge in [0.1, 0.15) is 0 Å². The van der Waals surface area contributed by atoms with Crippen LogP contribution in [0.25, 0.3) is 0 Å². The Morgan fingerprint density at radius 2 is 2.46 bits per heavy atom. The molecule has 2 aliphatic rings. The molecule has 1 saturated carbocycles. The number of rotatable bonds is 4. The van der Waals surface area contributed by atoms with Crippen molar-refractivity contribution >= 4 is 11.8 Å². The van der Waals surface area contributed by atoms with E-state index in [0.717, 1.165) is 17.9 Å². The van der Waals surface area contributed by atoms with Crippen molar-refractivity contribution in [2.75, 3.05) is 12.0 Å². The molecule has 0 bridgehead atoms. The van der Waals surface area contributed by atoms with E-state index in [0.29, 0.717) is 6.04 Å². The fourth-order valence-corrected chi connectivity index (χ4v) is 3.17. The van der Waals surface area contributed by atoms with E-state index in [2.05, 4.69) is 30.6 Å². The predicted molar refractivity (Wildman–Crippen MR) is 60.1 cm³/mol. The van der Waals surface area contributed by atoms with Gasteiger partial charge < -0.3 is 5.32 Å². The maximum Gasteiger partial charge on any atom is 0.0138 e. The van der Waals surface area contributed by atoms with Crippen LogP contribution in [-0.2, 0) is 0 Å². The van der Waals surface area contributed by atoms with E-state index in [9.17, 15) is 0 Å². The summed E-state index contributed by atoms with van der Waals surface area (Å²) in [5, 5.41) is 3.72. The molecule has 2 rings (SSSR count). The van der Waals surface area contributed by atoms with Gasteiger partial charge in [-0.3, -0.25) is 0 Å². The predicted octanol–water partition coefficient (Wildman–Crippen LogP) is 2.29. The number of fused-ring (bicyclic) bond motifs is 1. The van der Waals surface area contributed by atoms with Crippen molar-refractivity contribution in [3.63, 3.8) is 0 Å². The minimum atomic E-state index is 0.676. The van der Waals surface area contributed by atoms with Crippen LogP contribution in [0.2, 0.25) is 0 Å². The minimum absolute atomic E-state index is 0.676. The van der Waals surface area contributed by atoms with Crippen molar-refractivity contribution in [2.24, 2.45) is 11.8 Å². The molecule has 0 amide bonds. The zero-order valence-corrected chi connectivity index (χ0v) is 9.31. The van der Waals surface area contributed by atoms with Gasteiger partial charge in [-0.15, -0.1) is 0 Å². The summed E-state index contributed by atoms with van der Waals surface area (Å²) in [6, 6.07) is 1.46. The van der Waals surface area contributed by atoms with E-state index in [1.54, 1.807) is 0 Å². The van der Waals surface area contributed by atoms with E-state index >= 15 is 0 Å². The molecule has 2 aliphatic carbocycles. The summed E-state index contributed by atoms with van der Waals surface area (Å²) in [6.07, 6.45) is 9.68. The first-order valence-electron chi connectivity index (χ1n) is 5.23. The highest BCUT2D eigenvalue weighted by molar-refractivity contribution is 7.98. The van der Waals surface area contributed by atoms with Crippen molar-refractivity contribution < 1.29 is 0 Å². The van der Waals surface area contributed by atoms with Crippen LogP contribution in [0.1, 0.15) is 19.8 Å². The molecule has 4 atom stereocenters. The number of allylic oxidation sites excluding steroid dienone is 1. The molecular weight excluding hydrogens is 178 g/mol. The Morgan fingerprint density at radius 3 is 3.15 bits per heavy atom. The lowest BCUT2D eigenvalue weighted by Crippen LogP contribution is -2.51. The molecule has 0 aliphatic heterocycles. The van der Waals surface area contributed by atoms with Crippen LogP contribution < -0.4 is 5.32 Å². The standard InChI is InChI=1S/C11H19NS/c1-8(7-13-2)12-11-6-9-4-3-5-10(9)11/h3,5,8-12H,4,6-7H2,1-2H3. The Balaban J connectivity index is 1.74. The largest absolute Gasteiger partial charge is 0.310 e. The van der Waals surface area contributed by atoms with E-state index in [1.165, 1.54) is 18.6 Å². The number of thioether (sulfide) groups is 1. The number of nitrogens with one attached hydrogen (secondary N) is 1. The molecule has 0 aromatic carbocycles. The molecule has 0 spiro atoms. The molecule has 0 radical (unpaired) electrons.